The third kappa shape index (κ3) is 5.00. The number of aryl methyl sites for hydroxylation is 1. The minimum absolute atomic E-state index is 0.0466. The van der Waals surface area contributed by atoms with Gasteiger partial charge >= 0.3 is 0 Å². The second-order valence-electron chi connectivity index (χ2n) is 13.3. The van der Waals surface area contributed by atoms with Gasteiger partial charge in [-0.1, -0.05) is 75.1 Å². The van der Waals surface area contributed by atoms with Gasteiger partial charge in [-0.3, -0.25) is 9.80 Å². The lowest BCUT2D eigenvalue weighted by molar-refractivity contribution is -0.198. The predicted molar refractivity (Wildman–Crippen MR) is 171 cm³/mol. The first-order valence-electron chi connectivity index (χ1n) is 16.8. The highest BCUT2D eigenvalue weighted by Crippen LogP contribution is 2.66. The Labute approximate surface area is 253 Å². The van der Waals surface area contributed by atoms with E-state index in [2.05, 4.69) is 65.8 Å². The number of benzene rings is 2. The molecule has 228 valence electrons. The van der Waals surface area contributed by atoms with Crippen molar-refractivity contribution in [3.05, 3.63) is 71.8 Å². The number of nitrogens with zero attached hydrogens (tertiary/aromatic N) is 2. The number of ether oxygens (including phenoxy) is 2. The zero-order valence-corrected chi connectivity index (χ0v) is 26.0. The highest BCUT2D eigenvalue weighted by atomic mass is 16.5. The molecular formula is C37H52N2O3. The van der Waals surface area contributed by atoms with Crippen LogP contribution in [-0.4, -0.2) is 72.0 Å². The SMILES string of the molecule is C=CCN1CC[C@]23c4c5ccc(OC)c4O[C@H]2[C@@H](N(CCCCC)CCCCCCc2ccccc2)CC[C@@]3(O)[C@H]1C5. The zero-order valence-electron chi connectivity index (χ0n) is 26.0. The van der Waals surface area contributed by atoms with Crippen LogP contribution in [0.15, 0.2) is 55.1 Å². The topological polar surface area (TPSA) is 45.2 Å². The van der Waals surface area contributed by atoms with Crippen LogP contribution in [0.1, 0.15) is 87.8 Å². The molecule has 1 spiro atoms. The van der Waals surface area contributed by atoms with Crippen molar-refractivity contribution in [2.24, 2.45) is 0 Å². The lowest BCUT2D eigenvalue weighted by Gasteiger charge is -2.65. The number of unbranched alkanes of at least 4 members (excludes halogenated alkanes) is 5. The molecule has 0 aromatic heterocycles. The second kappa shape index (κ2) is 12.7. The van der Waals surface area contributed by atoms with Gasteiger partial charge in [0.2, 0.25) is 0 Å². The Bertz CT molecular complexity index is 1220. The van der Waals surface area contributed by atoms with E-state index in [0.717, 1.165) is 63.4 Å². The van der Waals surface area contributed by atoms with Gasteiger partial charge < -0.3 is 14.6 Å². The first kappa shape index (κ1) is 29.7. The van der Waals surface area contributed by atoms with Gasteiger partial charge in [-0.05, 0) is 88.2 Å². The fourth-order valence-electron chi connectivity index (χ4n) is 9.16. The molecule has 0 radical (unpaired) electrons. The highest BCUT2D eigenvalue weighted by molar-refractivity contribution is 5.63. The first-order valence-corrected chi connectivity index (χ1v) is 16.8. The number of aliphatic hydroxyl groups is 1. The first-order chi connectivity index (χ1) is 20.6. The summed E-state index contributed by atoms with van der Waals surface area (Å²) in [5.74, 6) is 1.73. The lowest BCUT2D eigenvalue weighted by Crippen LogP contribution is -2.78. The van der Waals surface area contributed by atoms with E-state index in [1.165, 1.54) is 68.1 Å². The van der Waals surface area contributed by atoms with Crippen LogP contribution in [-0.2, 0) is 18.3 Å². The molecule has 2 aliphatic carbocycles. The molecule has 4 aliphatic rings. The Morgan fingerprint density at radius 3 is 2.60 bits per heavy atom. The quantitative estimate of drug-likeness (QED) is 0.190. The molecule has 2 aliphatic heterocycles. The smallest absolute Gasteiger partial charge is 0.165 e. The van der Waals surface area contributed by atoms with Crippen molar-refractivity contribution in [2.45, 2.75) is 113 Å². The van der Waals surface area contributed by atoms with Gasteiger partial charge in [0.1, 0.15) is 6.10 Å². The number of likely N-dealkylation sites (tertiary alicyclic amines) is 1. The lowest BCUT2D eigenvalue weighted by atomic mass is 9.48. The molecule has 42 heavy (non-hydrogen) atoms. The summed E-state index contributed by atoms with van der Waals surface area (Å²) < 4.78 is 13.0. The van der Waals surface area contributed by atoms with Crippen LogP contribution in [0.2, 0.25) is 0 Å². The van der Waals surface area contributed by atoms with E-state index in [9.17, 15) is 5.11 Å². The van der Waals surface area contributed by atoms with Crippen molar-refractivity contribution in [2.75, 3.05) is 33.3 Å². The highest BCUT2D eigenvalue weighted by Gasteiger charge is 2.73. The van der Waals surface area contributed by atoms with E-state index in [1.54, 1.807) is 7.11 Å². The van der Waals surface area contributed by atoms with Gasteiger partial charge in [-0.25, -0.2) is 0 Å². The van der Waals surface area contributed by atoms with Crippen molar-refractivity contribution in [3.63, 3.8) is 0 Å². The summed E-state index contributed by atoms with van der Waals surface area (Å²) in [7, 11) is 1.75. The van der Waals surface area contributed by atoms with Gasteiger partial charge in [0.05, 0.1) is 18.1 Å². The summed E-state index contributed by atoms with van der Waals surface area (Å²) >= 11 is 0. The molecule has 2 bridgehead atoms. The Hall–Kier alpha value is -2.34. The summed E-state index contributed by atoms with van der Waals surface area (Å²) in [4.78, 5) is 5.25. The molecule has 1 saturated heterocycles. The number of hydrogen-bond donors (Lipinski definition) is 1. The number of hydrogen-bond acceptors (Lipinski definition) is 5. The summed E-state index contributed by atoms with van der Waals surface area (Å²) in [5, 5.41) is 12.8. The molecule has 6 rings (SSSR count). The van der Waals surface area contributed by atoms with Crippen molar-refractivity contribution < 1.29 is 14.6 Å². The second-order valence-corrected chi connectivity index (χ2v) is 13.3. The molecule has 5 heteroatoms. The molecule has 1 N–H and O–H groups in total. The maximum absolute atomic E-state index is 12.8. The van der Waals surface area contributed by atoms with Crippen LogP contribution in [0.4, 0.5) is 0 Å². The fourth-order valence-corrected chi connectivity index (χ4v) is 9.16. The molecule has 5 atom stereocenters. The van der Waals surface area contributed by atoms with E-state index < -0.39 is 5.60 Å². The van der Waals surface area contributed by atoms with Crippen LogP contribution in [0.25, 0.3) is 0 Å². The minimum atomic E-state index is -0.799. The van der Waals surface area contributed by atoms with Gasteiger partial charge in [-0.2, -0.15) is 0 Å². The third-order valence-electron chi connectivity index (χ3n) is 11.1. The largest absolute Gasteiger partial charge is 0.493 e. The van der Waals surface area contributed by atoms with Crippen molar-refractivity contribution in [1.82, 2.24) is 9.80 Å². The standard InChI is InChI=1S/C37H52N2O3/c1-4-6-13-24-38(25-14-8-7-10-15-28-16-11-9-12-17-28)30-20-21-37(40)32-27-29-18-19-31(41-3)34-33(29)36(37,35(30)42-34)22-26-39(32)23-5-2/h5,9,11-12,16-19,30,32,35,40H,2,4,6-8,10,13-15,20-27H2,1,3H3/t30-,32+,35-,36-,37+/m0/s1. The Balaban J connectivity index is 1.24. The summed E-state index contributed by atoms with van der Waals surface area (Å²) in [6.07, 6.45) is 15.5. The Morgan fingerprint density at radius 2 is 1.83 bits per heavy atom. The van der Waals surface area contributed by atoms with Crippen LogP contribution in [0.3, 0.4) is 0 Å². The monoisotopic (exact) mass is 572 g/mol. The third-order valence-corrected chi connectivity index (χ3v) is 11.1. The van der Waals surface area contributed by atoms with Crippen LogP contribution in [0.5, 0.6) is 11.5 Å². The molecular weight excluding hydrogens is 520 g/mol. The molecule has 0 amide bonds. The summed E-state index contributed by atoms with van der Waals surface area (Å²) in [5.41, 5.74) is 2.88. The zero-order chi connectivity index (χ0) is 29.2. The summed E-state index contributed by atoms with van der Waals surface area (Å²) in [6, 6.07) is 15.6. The predicted octanol–water partition coefficient (Wildman–Crippen LogP) is 6.70. The van der Waals surface area contributed by atoms with Crippen LogP contribution in [0, 0.1) is 0 Å². The molecule has 5 nitrogen and oxygen atoms in total. The van der Waals surface area contributed by atoms with Gasteiger partial charge in [0.15, 0.2) is 11.5 Å². The average molecular weight is 573 g/mol. The normalized spacial score (nSPS) is 29.3. The molecule has 2 aromatic carbocycles. The van der Waals surface area contributed by atoms with Gasteiger partial charge in [-0.15, -0.1) is 6.58 Å². The molecule has 2 heterocycles. The van der Waals surface area contributed by atoms with Crippen molar-refractivity contribution in [3.8, 4) is 11.5 Å². The number of piperidine rings is 1. The van der Waals surface area contributed by atoms with Crippen molar-refractivity contribution in [1.29, 1.82) is 0 Å². The molecule has 1 saturated carbocycles. The average Bonchev–Trinajstić information content (AvgIpc) is 3.36. The molecule has 2 fully saturated rings. The fraction of sp³-hybridized carbons (Fsp3) is 0.622. The van der Waals surface area contributed by atoms with E-state index in [0.29, 0.717) is 6.04 Å². The van der Waals surface area contributed by atoms with Crippen molar-refractivity contribution >= 4 is 0 Å². The van der Waals surface area contributed by atoms with E-state index in [4.69, 9.17) is 9.47 Å². The molecule has 2 aromatic rings. The van der Waals surface area contributed by atoms with Gasteiger partial charge in [0, 0.05) is 24.2 Å². The number of rotatable bonds is 15. The van der Waals surface area contributed by atoms with E-state index in [-0.39, 0.29) is 17.6 Å². The van der Waals surface area contributed by atoms with Crippen LogP contribution < -0.4 is 9.47 Å². The van der Waals surface area contributed by atoms with Crippen LogP contribution >= 0.6 is 0 Å². The summed E-state index contributed by atoms with van der Waals surface area (Å²) in [6.45, 7) is 10.4. The Morgan fingerprint density at radius 1 is 1.05 bits per heavy atom. The van der Waals surface area contributed by atoms with Gasteiger partial charge in [0.25, 0.3) is 0 Å². The Kier molecular flexibility index (Phi) is 9.00. The maximum Gasteiger partial charge on any atom is 0.165 e. The maximum atomic E-state index is 12.8. The number of methoxy groups -OCH3 is 1. The molecule has 0 unspecified atom stereocenters. The van der Waals surface area contributed by atoms with E-state index in [1.807, 2.05) is 6.08 Å². The minimum Gasteiger partial charge on any atom is -0.493 e. The van der Waals surface area contributed by atoms with E-state index >= 15 is 0 Å².